The van der Waals surface area contributed by atoms with Gasteiger partial charge in [0.25, 0.3) is 0 Å². The lowest BCUT2D eigenvalue weighted by molar-refractivity contribution is 0.113. The number of ether oxygens (including phenoxy) is 1. The van der Waals surface area contributed by atoms with Gasteiger partial charge in [0.2, 0.25) is 5.95 Å². The maximum absolute atomic E-state index is 5.70. The summed E-state index contributed by atoms with van der Waals surface area (Å²) in [6, 6.07) is 5.84. The van der Waals surface area contributed by atoms with Crippen molar-refractivity contribution >= 4 is 28.7 Å². The molecule has 1 aliphatic rings. The fourth-order valence-corrected chi connectivity index (χ4v) is 3.19. The molecule has 9 heteroatoms. The number of pyridine rings is 1. The van der Waals surface area contributed by atoms with Crippen molar-refractivity contribution in [3.05, 3.63) is 36.8 Å². The summed E-state index contributed by atoms with van der Waals surface area (Å²) in [5.74, 6) is 2.33. The first-order valence-electron chi connectivity index (χ1n) is 8.76. The van der Waals surface area contributed by atoms with Gasteiger partial charge in [0.1, 0.15) is 17.2 Å². The maximum atomic E-state index is 5.70. The van der Waals surface area contributed by atoms with Gasteiger partial charge < -0.3 is 19.9 Å². The first-order chi connectivity index (χ1) is 13.1. The Morgan fingerprint density at radius 3 is 2.70 bits per heavy atom. The minimum Gasteiger partial charge on any atom is -0.377 e. The normalized spacial score (nSPS) is 19.4. The molecular weight excluding hydrogens is 344 g/mol. The van der Waals surface area contributed by atoms with Crippen molar-refractivity contribution < 1.29 is 4.74 Å². The molecule has 1 saturated heterocycles. The molecule has 1 fully saturated rings. The largest absolute Gasteiger partial charge is 0.377 e. The van der Waals surface area contributed by atoms with E-state index in [2.05, 4.69) is 35.1 Å². The van der Waals surface area contributed by atoms with Crippen LogP contribution in [0.2, 0.25) is 0 Å². The zero-order valence-corrected chi connectivity index (χ0v) is 15.6. The molecular formula is C18H22N8O. The minimum atomic E-state index is 0.0159. The van der Waals surface area contributed by atoms with E-state index in [1.165, 1.54) is 0 Å². The van der Waals surface area contributed by atoms with Gasteiger partial charge in [0.15, 0.2) is 5.65 Å². The first kappa shape index (κ1) is 17.3. The number of fused-ring (bicyclic) bond motifs is 1. The molecule has 3 aromatic heterocycles. The Morgan fingerprint density at radius 2 is 1.89 bits per heavy atom. The summed E-state index contributed by atoms with van der Waals surface area (Å²) in [5.41, 5.74) is 1.40. The summed E-state index contributed by atoms with van der Waals surface area (Å²) >= 11 is 0. The van der Waals surface area contributed by atoms with E-state index in [9.17, 15) is 0 Å². The monoisotopic (exact) mass is 366 g/mol. The SMILES string of the molecule is CO[C@@H]1CN(c2ccnc(N(C)C)n2)C[C@@H]1Nc1ccc2nccnc2n1. The number of anilines is 3. The molecule has 0 saturated carbocycles. The van der Waals surface area contributed by atoms with E-state index in [1.807, 2.05) is 37.2 Å². The molecule has 2 atom stereocenters. The Morgan fingerprint density at radius 1 is 1.04 bits per heavy atom. The van der Waals surface area contributed by atoms with E-state index < -0.39 is 0 Å². The van der Waals surface area contributed by atoms with Gasteiger partial charge in [-0.05, 0) is 18.2 Å². The van der Waals surface area contributed by atoms with Gasteiger partial charge in [0.05, 0.1) is 12.1 Å². The van der Waals surface area contributed by atoms with Crippen molar-refractivity contribution in [2.24, 2.45) is 0 Å². The van der Waals surface area contributed by atoms with E-state index in [0.29, 0.717) is 11.6 Å². The predicted octanol–water partition coefficient (Wildman–Crippen LogP) is 1.20. The number of rotatable bonds is 5. The lowest BCUT2D eigenvalue weighted by atomic mass is 10.2. The van der Waals surface area contributed by atoms with Gasteiger partial charge in [-0.2, -0.15) is 4.98 Å². The fourth-order valence-electron chi connectivity index (χ4n) is 3.19. The third-order valence-electron chi connectivity index (χ3n) is 4.59. The zero-order chi connectivity index (χ0) is 18.8. The highest BCUT2D eigenvalue weighted by Crippen LogP contribution is 2.23. The molecule has 1 N–H and O–H groups in total. The molecule has 4 rings (SSSR count). The van der Waals surface area contributed by atoms with Crippen molar-refractivity contribution in [3.63, 3.8) is 0 Å². The number of nitrogens with one attached hydrogen (secondary N) is 1. The van der Waals surface area contributed by atoms with Gasteiger partial charge in [-0.25, -0.2) is 15.0 Å². The molecule has 3 aromatic rings. The summed E-state index contributed by atoms with van der Waals surface area (Å²) in [5, 5.41) is 3.47. The van der Waals surface area contributed by atoms with Gasteiger partial charge in [-0.15, -0.1) is 0 Å². The van der Waals surface area contributed by atoms with Crippen LogP contribution in [-0.2, 0) is 4.74 Å². The Hall–Kier alpha value is -3.07. The molecule has 0 spiro atoms. The Bertz CT molecular complexity index is 934. The highest BCUT2D eigenvalue weighted by molar-refractivity contribution is 5.71. The Kier molecular flexibility index (Phi) is 4.68. The number of methoxy groups -OCH3 is 1. The third kappa shape index (κ3) is 3.59. The van der Waals surface area contributed by atoms with Crippen LogP contribution in [0.1, 0.15) is 0 Å². The third-order valence-corrected chi connectivity index (χ3v) is 4.59. The summed E-state index contributed by atoms with van der Waals surface area (Å²) in [4.78, 5) is 26.1. The molecule has 4 heterocycles. The first-order valence-corrected chi connectivity index (χ1v) is 8.76. The molecule has 0 aromatic carbocycles. The summed E-state index contributed by atoms with van der Waals surface area (Å²) < 4.78 is 5.70. The molecule has 0 radical (unpaired) electrons. The molecule has 0 bridgehead atoms. The van der Waals surface area contributed by atoms with Crippen molar-refractivity contribution in [1.82, 2.24) is 24.9 Å². The van der Waals surface area contributed by atoms with Crippen LogP contribution in [0.15, 0.2) is 36.8 Å². The summed E-state index contributed by atoms with van der Waals surface area (Å²) in [6.45, 7) is 1.49. The Balaban J connectivity index is 1.53. The van der Waals surface area contributed by atoms with Gasteiger partial charge in [-0.1, -0.05) is 0 Å². The van der Waals surface area contributed by atoms with Crippen LogP contribution in [-0.4, -0.2) is 71.4 Å². The van der Waals surface area contributed by atoms with Crippen LogP contribution >= 0.6 is 0 Å². The van der Waals surface area contributed by atoms with Crippen molar-refractivity contribution in [2.75, 3.05) is 49.4 Å². The lowest BCUT2D eigenvalue weighted by Gasteiger charge is -2.19. The van der Waals surface area contributed by atoms with Crippen molar-refractivity contribution in [2.45, 2.75) is 12.1 Å². The lowest BCUT2D eigenvalue weighted by Crippen LogP contribution is -2.33. The number of hydrogen-bond donors (Lipinski definition) is 1. The topological polar surface area (TPSA) is 92.2 Å². The molecule has 0 amide bonds. The second-order valence-electron chi connectivity index (χ2n) is 6.63. The summed E-state index contributed by atoms with van der Waals surface area (Å²) in [7, 11) is 5.59. The van der Waals surface area contributed by atoms with Crippen molar-refractivity contribution in [1.29, 1.82) is 0 Å². The van der Waals surface area contributed by atoms with Crippen LogP contribution in [0, 0.1) is 0 Å². The molecule has 1 aliphatic heterocycles. The quantitative estimate of drug-likeness (QED) is 0.715. The maximum Gasteiger partial charge on any atom is 0.226 e. The molecule has 27 heavy (non-hydrogen) atoms. The number of aromatic nitrogens is 5. The van der Waals surface area contributed by atoms with E-state index in [4.69, 9.17) is 4.74 Å². The van der Waals surface area contributed by atoms with Crippen LogP contribution in [0.3, 0.4) is 0 Å². The molecule has 140 valence electrons. The molecule has 9 nitrogen and oxygen atoms in total. The minimum absolute atomic E-state index is 0.0159. The highest BCUT2D eigenvalue weighted by atomic mass is 16.5. The molecule has 0 unspecified atom stereocenters. The second kappa shape index (κ2) is 7.28. The smallest absolute Gasteiger partial charge is 0.226 e. The average Bonchev–Trinajstić information content (AvgIpc) is 3.11. The van der Waals surface area contributed by atoms with E-state index in [0.717, 1.165) is 30.2 Å². The number of nitrogens with zero attached hydrogens (tertiary/aromatic N) is 7. The predicted molar refractivity (Wildman–Crippen MR) is 104 cm³/mol. The van der Waals surface area contributed by atoms with Gasteiger partial charge in [0, 0.05) is 52.9 Å². The number of hydrogen-bond acceptors (Lipinski definition) is 9. The molecule has 0 aliphatic carbocycles. The van der Waals surface area contributed by atoms with Crippen LogP contribution in [0.4, 0.5) is 17.6 Å². The van der Waals surface area contributed by atoms with Crippen LogP contribution < -0.4 is 15.1 Å². The van der Waals surface area contributed by atoms with E-state index in [-0.39, 0.29) is 12.1 Å². The fraction of sp³-hybridized carbons (Fsp3) is 0.389. The Labute approximate surface area is 157 Å². The van der Waals surface area contributed by atoms with Crippen molar-refractivity contribution in [3.8, 4) is 0 Å². The standard InChI is InChI=1S/C18H22N8O/c1-25(2)18-21-7-6-16(24-18)26-10-13(14(11-26)27-3)22-15-5-4-12-17(23-15)20-9-8-19-12/h4-9,13-14H,10-11H2,1-3H3,(H,20,22,23)/t13-,14+/m0/s1. The highest BCUT2D eigenvalue weighted by Gasteiger charge is 2.34. The van der Waals surface area contributed by atoms with E-state index in [1.54, 1.807) is 25.7 Å². The average molecular weight is 366 g/mol. The van der Waals surface area contributed by atoms with Crippen LogP contribution in [0.5, 0.6) is 0 Å². The summed E-state index contributed by atoms with van der Waals surface area (Å²) in [6.07, 6.45) is 5.11. The zero-order valence-electron chi connectivity index (χ0n) is 15.6. The second-order valence-corrected chi connectivity index (χ2v) is 6.63. The van der Waals surface area contributed by atoms with Crippen LogP contribution in [0.25, 0.3) is 11.2 Å². The van der Waals surface area contributed by atoms with E-state index >= 15 is 0 Å². The van der Waals surface area contributed by atoms with Gasteiger partial charge in [-0.3, -0.25) is 4.98 Å². The van der Waals surface area contributed by atoms with Gasteiger partial charge >= 0.3 is 0 Å².